The van der Waals surface area contributed by atoms with Gasteiger partial charge in [0.2, 0.25) is 0 Å². The Hall–Kier alpha value is -3.49. The van der Waals surface area contributed by atoms with Crippen LogP contribution in [-0.2, 0) is 0 Å². The summed E-state index contributed by atoms with van der Waals surface area (Å²) >= 11 is 0. The molecule has 6 nitrogen and oxygen atoms in total. The van der Waals surface area contributed by atoms with Gasteiger partial charge in [0.25, 0.3) is 0 Å². The van der Waals surface area contributed by atoms with Gasteiger partial charge in [-0.25, -0.2) is 0 Å². The predicted molar refractivity (Wildman–Crippen MR) is 98.8 cm³/mol. The molecule has 0 bridgehead atoms. The number of halogens is 3. The molecule has 0 unspecified atom stereocenters. The van der Waals surface area contributed by atoms with Crippen LogP contribution in [0.4, 0.5) is 24.7 Å². The van der Waals surface area contributed by atoms with Gasteiger partial charge >= 0.3 is 6.36 Å². The number of alkyl halides is 3. The minimum atomic E-state index is -4.72. The average Bonchev–Trinajstić information content (AvgIpc) is 3.20. The largest absolute Gasteiger partial charge is 0.573 e. The van der Waals surface area contributed by atoms with E-state index in [-0.39, 0.29) is 5.75 Å². The Kier molecular flexibility index (Phi) is 4.21. The van der Waals surface area contributed by atoms with E-state index in [1.165, 1.54) is 24.3 Å². The van der Waals surface area contributed by atoms with Crippen LogP contribution < -0.4 is 19.5 Å². The first kappa shape index (κ1) is 17.9. The fourth-order valence-corrected chi connectivity index (χ4v) is 3.11. The third-order valence-electron chi connectivity index (χ3n) is 4.33. The Bertz CT molecular complexity index is 1080. The van der Waals surface area contributed by atoms with E-state index in [9.17, 15) is 13.2 Å². The third-order valence-corrected chi connectivity index (χ3v) is 4.33. The summed E-state index contributed by atoms with van der Waals surface area (Å²) in [5, 5.41) is 11.2. The Morgan fingerprint density at radius 3 is 2.21 bits per heavy atom. The minimum absolute atomic E-state index is 0.278. The number of hydrogen-bond acceptors (Lipinski definition) is 4. The number of nitrogens with one attached hydrogen (secondary N) is 3. The van der Waals surface area contributed by atoms with Crippen LogP contribution in [0, 0.1) is 0 Å². The molecule has 2 aromatic carbocycles. The topological polar surface area (TPSA) is 71.3 Å². The SMILES string of the molecule is COc1cc2cc3c(Nc4ccc(OC(F)(F)F)cc4)[nH][nH]c-3c2cc1OC. The number of methoxy groups -OCH3 is 2. The summed E-state index contributed by atoms with van der Waals surface area (Å²) in [4.78, 5) is 0. The van der Waals surface area contributed by atoms with Crippen molar-refractivity contribution >= 4 is 22.3 Å². The number of ether oxygens (including phenoxy) is 3. The zero-order valence-corrected chi connectivity index (χ0v) is 14.9. The number of aromatic nitrogens is 2. The standard InChI is InChI=1S/C19H16F3N3O3/c1-26-15-8-10-7-14-17(13(10)9-16(15)27-2)24-25-18(14)23-11-3-5-12(6-4-11)28-19(20,21)22/h3-9,23-25H,1-2H3. The van der Waals surface area contributed by atoms with Crippen LogP contribution in [0.15, 0.2) is 42.5 Å². The fraction of sp³-hybridized carbons (Fsp3) is 0.158. The molecule has 0 radical (unpaired) electrons. The molecule has 4 rings (SSSR count). The smallest absolute Gasteiger partial charge is 0.493 e. The van der Waals surface area contributed by atoms with Crippen molar-refractivity contribution in [1.82, 2.24) is 10.2 Å². The molecule has 1 heterocycles. The second kappa shape index (κ2) is 6.59. The lowest BCUT2D eigenvalue weighted by molar-refractivity contribution is -0.274. The van der Waals surface area contributed by atoms with Gasteiger partial charge in [0, 0.05) is 16.6 Å². The van der Waals surface area contributed by atoms with Crippen LogP contribution in [0.5, 0.6) is 17.2 Å². The summed E-state index contributed by atoms with van der Waals surface area (Å²) in [5.74, 6) is 1.64. The molecule has 0 fully saturated rings. The van der Waals surface area contributed by atoms with Gasteiger partial charge in [-0.15, -0.1) is 13.2 Å². The van der Waals surface area contributed by atoms with Crippen molar-refractivity contribution in [3.8, 4) is 28.5 Å². The predicted octanol–water partition coefficient (Wildman–Crippen LogP) is 5.26. The number of aromatic amines is 2. The van der Waals surface area contributed by atoms with Crippen LogP contribution in [-0.4, -0.2) is 30.8 Å². The van der Waals surface area contributed by atoms with E-state index < -0.39 is 6.36 Å². The van der Waals surface area contributed by atoms with Crippen molar-refractivity contribution in [3.05, 3.63) is 42.5 Å². The molecular weight excluding hydrogens is 375 g/mol. The molecule has 1 aliphatic carbocycles. The molecule has 3 N–H and O–H groups in total. The molecule has 2 aromatic rings. The van der Waals surface area contributed by atoms with E-state index in [1.807, 2.05) is 18.2 Å². The van der Waals surface area contributed by atoms with Crippen molar-refractivity contribution in [3.63, 3.8) is 0 Å². The van der Waals surface area contributed by atoms with Gasteiger partial charge < -0.3 is 19.5 Å². The van der Waals surface area contributed by atoms with Gasteiger partial charge in [-0.3, -0.25) is 10.2 Å². The van der Waals surface area contributed by atoms with Gasteiger partial charge in [-0.1, -0.05) is 0 Å². The Balaban J connectivity index is 1.63. The first-order valence-electron chi connectivity index (χ1n) is 8.25. The van der Waals surface area contributed by atoms with Crippen LogP contribution in [0.25, 0.3) is 22.0 Å². The fourth-order valence-electron chi connectivity index (χ4n) is 3.11. The highest BCUT2D eigenvalue weighted by atomic mass is 19.4. The highest BCUT2D eigenvalue weighted by Crippen LogP contribution is 2.42. The average molecular weight is 391 g/mol. The zero-order chi connectivity index (χ0) is 19.9. The summed E-state index contributed by atoms with van der Waals surface area (Å²) in [6.45, 7) is 0. The van der Waals surface area contributed by atoms with Crippen molar-refractivity contribution in [1.29, 1.82) is 0 Å². The molecule has 1 aliphatic heterocycles. The van der Waals surface area contributed by atoms with E-state index in [0.29, 0.717) is 23.0 Å². The summed E-state index contributed by atoms with van der Waals surface area (Å²) in [5.41, 5.74) is 2.36. The molecular formula is C19H16F3N3O3. The number of anilines is 2. The van der Waals surface area contributed by atoms with E-state index in [0.717, 1.165) is 22.0 Å². The third kappa shape index (κ3) is 3.26. The van der Waals surface area contributed by atoms with Gasteiger partial charge in [0.1, 0.15) is 11.6 Å². The quantitative estimate of drug-likeness (QED) is 0.434. The maximum atomic E-state index is 12.3. The number of hydrogen-bond donors (Lipinski definition) is 3. The van der Waals surface area contributed by atoms with E-state index >= 15 is 0 Å². The first-order valence-corrected chi connectivity index (χ1v) is 8.25. The van der Waals surface area contributed by atoms with Crippen LogP contribution in [0.2, 0.25) is 0 Å². The molecule has 0 atom stereocenters. The first-order chi connectivity index (χ1) is 13.4. The maximum absolute atomic E-state index is 12.3. The van der Waals surface area contributed by atoms with Gasteiger partial charge in [-0.2, -0.15) is 0 Å². The van der Waals surface area contributed by atoms with Gasteiger partial charge in [0.15, 0.2) is 11.5 Å². The molecule has 146 valence electrons. The van der Waals surface area contributed by atoms with Crippen molar-refractivity contribution in [2.45, 2.75) is 6.36 Å². The summed E-state index contributed by atoms with van der Waals surface area (Å²) in [6.07, 6.45) is -4.72. The van der Waals surface area contributed by atoms with Crippen LogP contribution in [0.1, 0.15) is 0 Å². The molecule has 0 aromatic heterocycles. The molecule has 0 spiro atoms. The summed E-state index contributed by atoms with van der Waals surface area (Å²) < 4.78 is 51.4. The molecule has 9 heteroatoms. The lowest BCUT2D eigenvalue weighted by Crippen LogP contribution is -2.16. The second-order valence-electron chi connectivity index (χ2n) is 6.05. The lowest BCUT2D eigenvalue weighted by atomic mass is 10.2. The minimum Gasteiger partial charge on any atom is -0.493 e. The zero-order valence-electron chi connectivity index (χ0n) is 14.9. The molecule has 0 saturated heterocycles. The van der Waals surface area contributed by atoms with Gasteiger partial charge in [0.05, 0.1) is 19.9 Å². The van der Waals surface area contributed by atoms with Gasteiger partial charge in [-0.05, 0) is 47.9 Å². The van der Waals surface area contributed by atoms with Crippen molar-refractivity contribution in [2.24, 2.45) is 0 Å². The van der Waals surface area contributed by atoms with Crippen molar-refractivity contribution in [2.75, 3.05) is 19.5 Å². The summed E-state index contributed by atoms with van der Waals surface area (Å²) in [7, 11) is 3.15. The number of fused-ring (bicyclic) bond motifs is 3. The molecule has 0 saturated carbocycles. The number of rotatable bonds is 5. The Labute approximate surface area is 157 Å². The Morgan fingerprint density at radius 2 is 1.57 bits per heavy atom. The van der Waals surface area contributed by atoms with Crippen molar-refractivity contribution < 1.29 is 27.4 Å². The van der Waals surface area contributed by atoms with E-state index in [1.54, 1.807) is 14.2 Å². The van der Waals surface area contributed by atoms with E-state index in [2.05, 4.69) is 20.3 Å². The Morgan fingerprint density at radius 1 is 0.893 bits per heavy atom. The number of H-pyrrole nitrogens is 2. The highest BCUT2D eigenvalue weighted by Gasteiger charge is 2.31. The molecule has 28 heavy (non-hydrogen) atoms. The normalized spacial score (nSPS) is 11.8. The number of benzene rings is 2. The maximum Gasteiger partial charge on any atom is 0.573 e. The van der Waals surface area contributed by atoms with E-state index in [4.69, 9.17) is 9.47 Å². The second-order valence-corrected chi connectivity index (χ2v) is 6.05. The molecule has 2 aliphatic rings. The lowest BCUT2D eigenvalue weighted by Gasteiger charge is -2.10. The summed E-state index contributed by atoms with van der Waals surface area (Å²) in [6, 6.07) is 11.2. The van der Waals surface area contributed by atoms with Crippen LogP contribution >= 0.6 is 0 Å². The van der Waals surface area contributed by atoms with Crippen LogP contribution in [0.3, 0.4) is 0 Å². The highest BCUT2D eigenvalue weighted by molar-refractivity contribution is 6.05. The molecule has 0 amide bonds. The monoisotopic (exact) mass is 391 g/mol.